The van der Waals surface area contributed by atoms with Crippen LogP contribution in [0.5, 0.6) is 11.5 Å². The van der Waals surface area contributed by atoms with E-state index >= 15 is 0 Å². The first kappa shape index (κ1) is 38.2. The number of hydrogen-bond donors (Lipinski definition) is 0. The van der Waals surface area contributed by atoms with Crippen molar-refractivity contribution in [3.05, 3.63) is 277 Å². The van der Waals surface area contributed by atoms with Gasteiger partial charge in [-0.15, -0.1) is 0 Å². The minimum atomic E-state index is -1.42. The molecule has 11 aromatic rings. The molecule has 3 heteroatoms. The maximum Gasteiger partial charge on any atom is 0.155 e. The minimum Gasteiger partial charge on any atom is -0.457 e. The van der Waals surface area contributed by atoms with Gasteiger partial charge in [0.15, 0.2) is 8.80 Å². The van der Waals surface area contributed by atoms with Gasteiger partial charge in [-0.3, -0.25) is 0 Å². The number of fused-ring (bicyclic) bond motifs is 10. The van der Waals surface area contributed by atoms with Gasteiger partial charge < -0.3 is 9.64 Å². The van der Waals surface area contributed by atoms with E-state index in [-0.39, 0.29) is 0 Å². The highest BCUT2D eigenvalue weighted by atomic mass is 28.3. The smallest absolute Gasteiger partial charge is 0.155 e. The fourth-order valence-electron chi connectivity index (χ4n) is 11.0. The fraction of sp³-hybridized carbons (Fsp3) is 0.0159. The summed E-state index contributed by atoms with van der Waals surface area (Å²) in [7, 11) is -1.42. The summed E-state index contributed by atoms with van der Waals surface area (Å²) in [5.74, 6) is 1.80. The summed E-state index contributed by atoms with van der Waals surface area (Å²) in [5, 5.41) is 9.00. The molecule has 2 aliphatic rings. The lowest BCUT2D eigenvalue weighted by molar-refractivity contribution is 0.435. The largest absolute Gasteiger partial charge is 0.457 e. The van der Waals surface area contributed by atoms with Gasteiger partial charge in [0.05, 0.1) is 16.8 Å². The Morgan fingerprint density at radius 1 is 0.348 bits per heavy atom. The molecule has 0 saturated heterocycles. The first-order valence-electron chi connectivity index (χ1n) is 22.8. The number of anilines is 3. The number of hydrogen-bond acceptors (Lipinski definition) is 2. The van der Waals surface area contributed by atoms with Gasteiger partial charge in [-0.1, -0.05) is 218 Å². The summed E-state index contributed by atoms with van der Waals surface area (Å²) in [4.78, 5) is 2.45. The molecule has 2 nitrogen and oxygen atoms in total. The highest BCUT2D eigenvalue weighted by Gasteiger charge is 2.51. The summed E-state index contributed by atoms with van der Waals surface area (Å²) < 4.78 is 6.79. The number of ether oxygens (including phenoxy) is 1. The summed E-state index contributed by atoms with van der Waals surface area (Å²) in [6, 6.07) is 93.8. The molecule has 13 rings (SSSR count). The van der Waals surface area contributed by atoms with Crippen LogP contribution in [0.3, 0.4) is 0 Å². The molecule has 0 saturated carbocycles. The third kappa shape index (κ3) is 5.87. The molecule has 0 bridgehead atoms. The van der Waals surface area contributed by atoms with Gasteiger partial charge in [0, 0.05) is 27.6 Å². The van der Waals surface area contributed by atoms with Crippen molar-refractivity contribution in [1.82, 2.24) is 0 Å². The molecule has 1 radical (unpaired) electrons. The van der Waals surface area contributed by atoms with E-state index in [1.165, 1.54) is 81.6 Å². The van der Waals surface area contributed by atoms with Gasteiger partial charge in [0.1, 0.15) is 11.5 Å². The van der Waals surface area contributed by atoms with Gasteiger partial charge in [-0.2, -0.15) is 0 Å². The summed E-state index contributed by atoms with van der Waals surface area (Å²) in [6.07, 6.45) is 0. The van der Waals surface area contributed by atoms with E-state index in [2.05, 4.69) is 260 Å². The molecular formula is C63H42NOSi. The van der Waals surface area contributed by atoms with Crippen molar-refractivity contribution in [3.8, 4) is 33.8 Å². The molecular weight excluding hydrogens is 815 g/mol. The summed E-state index contributed by atoms with van der Waals surface area (Å²) in [6.45, 7) is 0. The van der Waals surface area contributed by atoms with Crippen LogP contribution in [0.15, 0.2) is 255 Å². The number of para-hydroxylation sites is 2. The molecule has 0 atom stereocenters. The second-order valence-corrected chi connectivity index (χ2v) is 19.7. The molecule has 0 N–H and O–H groups in total. The molecule has 66 heavy (non-hydrogen) atoms. The van der Waals surface area contributed by atoms with Crippen LogP contribution in [-0.2, 0) is 5.41 Å². The van der Waals surface area contributed by atoms with E-state index in [1.807, 2.05) is 0 Å². The molecule has 11 aromatic carbocycles. The second-order valence-electron chi connectivity index (χ2n) is 17.3. The van der Waals surface area contributed by atoms with Crippen LogP contribution >= 0.6 is 0 Å². The Kier molecular flexibility index (Phi) is 8.97. The van der Waals surface area contributed by atoms with Crippen LogP contribution < -0.4 is 25.2 Å². The van der Waals surface area contributed by atoms with E-state index in [9.17, 15) is 0 Å². The predicted octanol–water partition coefficient (Wildman–Crippen LogP) is 14.1. The number of benzene rings is 11. The van der Waals surface area contributed by atoms with Gasteiger partial charge >= 0.3 is 0 Å². The standard InChI is InChI=1S/C63H42NOSi/c1-3-18-43(19-4-1)44-34-37-47(38-35-44)64(57-30-17-21-45-20-7-8-24-50(45)57)58-40-39-49(51-25-9-10-26-52(51)58)46-36-41-62-56(42-46)63(53-27-11-14-31-59(53)65-60-32-15-12-28-54(60)63)55-29-13-16-33-61(55)66(62)48-22-5-2-6-23-48/h1-42H. The number of rotatable bonds is 6. The first-order valence-corrected chi connectivity index (χ1v) is 24.3. The zero-order valence-corrected chi connectivity index (χ0v) is 37.1. The highest BCUT2D eigenvalue weighted by Crippen LogP contribution is 2.56. The molecule has 0 aliphatic carbocycles. The Morgan fingerprint density at radius 2 is 0.894 bits per heavy atom. The van der Waals surface area contributed by atoms with E-state index in [0.29, 0.717) is 0 Å². The van der Waals surface area contributed by atoms with Crippen molar-refractivity contribution < 1.29 is 4.74 Å². The molecule has 2 aliphatic heterocycles. The first-order chi connectivity index (χ1) is 32.8. The van der Waals surface area contributed by atoms with Crippen LogP contribution in [0.1, 0.15) is 22.3 Å². The quantitative estimate of drug-likeness (QED) is 0.155. The Morgan fingerprint density at radius 3 is 1.65 bits per heavy atom. The maximum absolute atomic E-state index is 6.79. The van der Waals surface area contributed by atoms with Crippen LogP contribution in [0, 0.1) is 0 Å². The maximum atomic E-state index is 6.79. The Hall–Kier alpha value is -8.24. The zero-order valence-electron chi connectivity index (χ0n) is 36.1. The lowest BCUT2D eigenvalue weighted by atomic mass is 9.63. The zero-order chi connectivity index (χ0) is 43.6. The lowest BCUT2D eigenvalue weighted by Gasteiger charge is -2.47. The van der Waals surface area contributed by atoms with Crippen molar-refractivity contribution in [3.63, 3.8) is 0 Å². The van der Waals surface area contributed by atoms with Gasteiger partial charge in [0.25, 0.3) is 0 Å². The Balaban J connectivity index is 1.05. The summed E-state index contributed by atoms with van der Waals surface area (Å²) >= 11 is 0. The normalized spacial score (nSPS) is 13.3. The van der Waals surface area contributed by atoms with Crippen molar-refractivity contribution in [1.29, 1.82) is 0 Å². The van der Waals surface area contributed by atoms with Crippen molar-refractivity contribution >= 4 is 63.0 Å². The SMILES string of the molecule is c1ccc(-c2ccc(N(c3cccc4ccccc34)c3ccc(-c4ccc5c(c4)C4(c6ccccc6Oc6ccccc64)c4ccccc4[Si]5c4ccccc4)c4ccccc34)cc2)cc1. The summed E-state index contributed by atoms with van der Waals surface area (Å²) in [5.41, 5.74) is 12.6. The van der Waals surface area contributed by atoms with E-state index in [0.717, 1.165) is 28.6 Å². The van der Waals surface area contributed by atoms with Crippen LogP contribution in [0.25, 0.3) is 43.8 Å². The van der Waals surface area contributed by atoms with Crippen molar-refractivity contribution in [2.75, 3.05) is 4.90 Å². The topological polar surface area (TPSA) is 12.5 Å². The average Bonchev–Trinajstić information content (AvgIpc) is 3.39. The Bertz CT molecular complexity index is 3590. The molecule has 0 amide bonds. The van der Waals surface area contributed by atoms with Gasteiger partial charge in [0.2, 0.25) is 0 Å². The Labute approximate surface area is 386 Å². The average molecular weight is 857 g/mol. The van der Waals surface area contributed by atoms with E-state index in [1.54, 1.807) is 0 Å². The molecule has 1 spiro atoms. The predicted molar refractivity (Wildman–Crippen MR) is 276 cm³/mol. The number of nitrogens with zero attached hydrogens (tertiary/aromatic N) is 1. The monoisotopic (exact) mass is 856 g/mol. The molecule has 2 heterocycles. The van der Waals surface area contributed by atoms with Crippen LogP contribution in [0.2, 0.25) is 0 Å². The van der Waals surface area contributed by atoms with Crippen molar-refractivity contribution in [2.45, 2.75) is 5.41 Å². The molecule has 309 valence electrons. The third-order valence-electron chi connectivity index (χ3n) is 13.9. The van der Waals surface area contributed by atoms with Crippen LogP contribution in [-0.4, -0.2) is 8.80 Å². The third-order valence-corrected chi connectivity index (χ3v) is 16.7. The molecule has 0 unspecified atom stereocenters. The van der Waals surface area contributed by atoms with Gasteiger partial charge in [-0.25, -0.2) is 0 Å². The van der Waals surface area contributed by atoms with E-state index in [4.69, 9.17) is 4.74 Å². The lowest BCUT2D eigenvalue weighted by Crippen LogP contribution is -2.62. The fourth-order valence-corrected chi connectivity index (χ4v) is 14.0. The van der Waals surface area contributed by atoms with Crippen molar-refractivity contribution in [2.24, 2.45) is 0 Å². The van der Waals surface area contributed by atoms with Crippen LogP contribution in [0.4, 0.5) is 17.1 Å². The minimum absolute atomic E-state index is 0.608. The molecule has 0 aromatic heterocycles. The second kappa shape index (κ2) is 15.5. The molecule has 0 fully saturated rings. The van der Waals surface area contributed by atoms with E-state index < -0.39 is 14.2 Å². The van der Waals surface area contributed by atoms with Gasteiger partial charge in [-0.05, 0) is 97.0 Å². The highest BCUT2D eigenvalue weighted by molar-refractivity contribution is 6.96.